The molecule has 0 radical (unpaired) electrons. The highest BCUT2D eigenvalue weighted by molar-refractivity contribution is 5.91. The van der Waals surface area contributed by atoms with Crippen LogP contribution in [0.2, 0.25) is 0 Å². The quantitative estimate of drug-likeness (QED) is 0.782. The normalized spacial score (nSPS) is 17.0. The smallest absolute Gasteiger partial charge is 0.322 e. The van der Waals surface area contributed by atoms with Crippen LogP contribution in [0.15, 0.2) is 54.6 Å². The summed E-state index contributed by atoms with van der Waals surface area (Å²) in [6.45, 7) is 3.00. The molecular weight excluding hydrogens is 330 g/mol. The number of amides is 2. The maximum Gasteiger partial charge on any atom is 0.322 e. The lowest BCUT2D eigenvalue weighted by molar-refractivity contribution is 0.146. The minimum atomic E-state index is -0.116. The Kier molecular flexibility index (Phi) is 6.46. The zero-order valence-electron chi connectivity index (χ0n) is 15.0. The third-order valence-electron chi connectivity index (χ3n) is 4.34. The van der Waals surface area contributed by atoms with E-state index in [0.717, 1.165) is 6.54 Å². The molecule has 2 amide bonds. The van der Waals surface area contributed by atoms with Crippen molar-refractivity contribution < 1.29 is 14.3 Å². The summed E-state index contributed by atoms with van der Waals surface area (Å²) in [4.78, 5) is 14.6. The van der Waals surface area contributed by atoms with E-state index in [1.807, 2.05) is 47.4 Å². The Balaban J connectivity index is 1.63. The third kappa shape index (κ3) is 4.74. The van der Waals surface area contributed by atoms with Gasteiger partial charge in [-0.1, -0.05) is 42.5 Å². The van der Waals surface area contributed by atoms with Gasteiger partial charge in [0.15, 0.2) is 0 Å². The van der Waals surface area contributed by atoms with Crippen molar-refractivity contribution in [2.45, 2.75) is 6.04 Å². The van der Waals surface area contributed by atoms with Crippen LogP contribution in [0.1, 0.15) is 11.6 Å². The molecule has 26 heavy (non-hydrogen) atoms. The van der Waals surface area contributed by atoms with Crippen molar-refractivity contribution >= 4 is 11.7 Å². The van der Waals surface area contributed by atoms with Crippen molar-refractivity contribution in [3.8, 4) is 5.75 Å². The molecule has 1 aliphatic heterocycles. The van der Waals surface area contributed by atoms with Crippen LogP contribution in [0.5, 0.6) is 5.75 Å². The number of anilines is 1. The van der Waals surface area contributed by atoms with Gasteiger partial charge in [0.05, 0.1) is 18.3 Å². The molecule has 1 fully saturated rings. The van der Waals surface area contributed by atoms with Gasteiger partial charge in [-0.2, -0.15) is 0 Å². The minimum absolute atomic E-state index is 0.116. The van der Waals surface area contributed by atoms with Crippen LogP contribution in [-0.2, 0) is 4.74 Å². The summed E-state index contributed by atoms with van der Waals surface area (Å²) in [6.07, 6.45) is 0. The van der Waals surface area contributed by atoms with E-state index in [9.17, 15) is 4.79 Å². The summed E-state index contributed by atoms with van der Waals surface area (Å²) >= 11 is 0. The summed E-state index contributed by atoms with van der Waals surface area (Å²) in [5.74, 6) is 0.646. The Bertz CT molecular complexity index is 708. The number of piperazine rings is 1. The van der Waals surface area contributed by atoms with Crippen molar-refractivity contribution in [3.63, 3.8) is 0 Å². The van der Waals surface area contributed by atoms with E-state index >= 15 is 0 Å². The fourth-order valence-corrected chi connectivity index (χ4v) is 2.97. The number of benzene rings is 2. The number of nitrogens with one attached hydrogen (secondary N) is 2. The lowest BCUT2D eigenvalue weighted by atomic mass is 10.0. The first kappa shape index (κ1) is 18.2. The average Bonchev–Trinajstić information content (AvgIpc) is 2.70. The number of ether oxygens (including phenoxy) is 2. The van der Waals surface area contributed by atoms with Gasteiger partial charge in [-0.3, -0.25) is 0 Å². The number of hydrogen-bond donors (Lipinski definition) is 2. The first-order valence-corrected chi connectivity index (χ1v) is 8.83. The van der Waals surface area contributed by atoms with Gasteiger partial charge in [0.1, 0.15) is 12.4 Å². The second-order valence-corrected chi connectivity index (χ2v) is 6.13. The molecule has 6 heteroatoms. The SMILES string of the molecule is COCCOc1ccccc1NC(=O)N1CCN[C@@H](c2ccccc2)C1. The second kappa shape index (κ2) is 9.22. The molecule has 0 unspecified atom stereocenters. The first-order valence-electron chi connectivity index (χ1n) is 8.83. The molecule has 0 aromatic heterocycles. The molecule has 1 atom stereocenters. The number of methoxy groups -OCH3 is 1. The third-order valence-corrected chi connectivity index (χ3v) is 4.34. The largest absolute Gasteiger partial charge is 0.489 e. The van der Waals surface area contributed by atoms with Crippen molar-refractivity contribution in [2.75, 3.05) is 45.3 Å². The first-order chi connectivity index (χ1) is 12.8. The molecule has 2 N–H and O–H groups in total. The van der Waals surface area contributed by atoms with Crippen LogP contribution in [0.3, 0.4) is 0 Å². The number of hydrogen-bond acceptors (Lipinski definition) is 4. The molecule has 1 aliphatic rings. The maximum absolute atomic E-state index is 12.7. The minimum Gasteiger partial charge on any atom is -0.489 e. The van der Waals surface area contributed by atoms with E-state index in [1.165, 1.54) is 5.56 Å². The van der Waals surface area contributed by atoms with Crippen molar-refractivity contribution in [3.05, 3.63) is 60.2 Å². The summed E-state index contributed by atoms with van der Waals surface area (Å²) < 4.78 is 10.7. The number of carbonyl (C=O) groups is 1. The topological polar surface area (TPSA) is 62.8 Å². The van der Waals surface area contributed by atoms with Gasteiger partial charge >= 0.3 is 6.03 Å². The Morgan fingerprint density at radius 1 is 1.15 bits per heavy atom. The lowest BCUT2D eigenvalue weighted by Crippen LogP contribution is -2.49. The fourth-order valence-electron chi connectivity index (χ4n) is 2.97. The van der Waals surface area contributed by atoms with E-state index in [2.05, 4.69) is 22.8 Å². The second-order valence-electron chi connectivity index (χ2n) is 6.13. The van der Waals surface area contributed by atoms with Crippen LogP contribution >= 0.6 is 0 Å². The molecule has 1 saturated heterocycles. The standard InChI is InChI=1S/C20H25N3O3/c1-25-13-14-26-19-10-6-5-9-17(19)22-20(24)23-12-11-21-18(15-23)16-7-3-2-4-8-16/h2-10,18,21H,11-15H2,1H3,(H,22,24)/t18-/m1/s1. The van der Waals surface area contributed by atoms with Crippen LogP contribution in [-0.4, -0.2) is 50.9 Å². The highest BCUT2D eigenvalue weighted by Gasteiger charge is 2.24. The molecule has 3 rings (SSSR count). The number of rotatable bonds is 6. The summed E-state index contributed by atoms with van der Waals surface area (Å²) in [7, 11) is 1.63. The number of urea groups is 1. The zero-order valence-corrected chi connectivity index (χ0v) is 15.0. The molecule has 138 valence electrons. The molecule has 0 bridgehead atoms. The van der Waals surface area contributed by atoms with E-state index in [0.29, 0.717) is 37.7 Å². The number of carbonyl (C=O) groups excluding carboxylic acids is 1. The molecular formula is C20H25N3O3. The van der Waals surface area contributed by atoms with Crippen LogP contribution in [0.25, 0.3) is 0 Å². The molecule has 0 aliphatic carbocycles. The van der Waals surface area contributed by atoms with Crippen LogP contribution in [0, 0.1) is 0 Å². The Morgan fingerprint density at radius 3 is 2.73 bits per heavy atom. The maximum atomic E-state index is 12.7. The van der Waals surface area contributed by atoms with Crippen LogP contribution in [0.4, 0.5) is 10.5 Å². The molecule has 6 nitrogen and oxygen atoms in total. The highest BCUT2D eigenvalue weighted by atomic mass is 16.5. The summed E-state index contributed by atoms with van der Waals surface area (Å²) in [5.41, 5.74) is 1.86. The zero-order chi connectivity index (χ0) is 18.2. The Labute approximate surface area is 154 Å². The van der Waals surface area contributed by atoms with Gasteiger partial charge < -0.3 is 25.0 Å². The van der Waals surface area contributed by atoms with E-state index < -0.39 is 0 Å². The summed E-state index contributed by atoms with van der Waals surface area (Å²) in [5, 5.41) is 6.44. The number of nitrogens with zero attached hydrogens (tertiary/aromatic N) is 1. The molecule has 0 spiro atoms. The monoisotopic (exact) mass is 355 g/mol. The molecule has 2 aromatic carbocycles. The summed E-state index contributed by atoms with van der Waals surface area (Å²) in [6, 6.07) is 17.7. The van der Waals surface area contributed by atoms with Gasteiger partial charge in [0, 0.05) is 26.7 Å². The Morgan fingerprint density at radius 2 is 1.92 bits per heavy atom. The van der Waals surface area contributed by atoms with Gasteiger partial charge in [0.25, 0.3) is 0 Å². The van der Waals surface area contributed by atoms with Crippen molar-refractivity contribution in [1.82, 2.24) is 10.2 Å². The average molecular weight is 355 g/mol. The van der Waals surface area contributed by atoms with Gasteiger partial charge in [-0.25, -0.2) is 4.79 Å². The van der Waals surface area contributed by atoms with Gasteiger partial charge in [0.2, 0.25) is 0 Å². The molecule has 0 saturated carbocycles. The van der Waals surface area contributed by atoms with E-state index in [4.69, 9.17) is 9.47 Å². The van der Waals surface area contributed by atoms with Gasteiger partial charge in [-0.05, 0) is 17.7 Å². The Hall–Kier alpha value is -2.57. The van der Waals surface area contributed by atoms with Gasteiger partial charge in [-0.15, -0.1) is 0 Å². The van der Waals surface area contributed by atoms with E-state index in [-0.39, 0.29) is 12.1 Å². The van der Waals surface area contributed by atoms with Crippen molar-refractivity contribution in [2.24, 2.45) is 0 Å². The van der Waals surface area contributed by atoms with Crippen molar-refractivity contribution in [1.29, 1.82) is 0 Å². The fraction of sp³-hybridized carbons (Fsp3) is 0.350. The molecule has 1 heterocycles. The molecule has 2 aromatic rings. The highest BCUT2D eigenvalue weighted by Crippen LogP contribution is 2.25. The predicted octanol–water partition coefficient (Wildman–Crippen LogP) is 2.89. The number of para-hydroxylation sites is 2. The predicted molar refractivity (Wildman–Crippen MR) is 102 cm³/mol. The lowest BCUT2D eigenvalue weighted by Gasteiger charge is -2.34. The van der Waals surface area contributed by atoms with Crippen LogP contribution < -0.4 is 15.4 Å². The van der Waals surface area contributed by atoms with E-state index in [1.54, 1.807) is 7.11 Å².